The first-order valence-electron chi connectivity index (χ1n) is 10.6. The van der Waals surface area contributed by atoms with Crippen LogP contribution in [0.25, 0.3) is 10.9 Å². The number of methoxy groups -OCH3 is 1. The number of hydrogen-bond acceptors (Lipinski definition) is 5. The van der Waals surface area contributed by atoms with Crippen molar-refractivity contribution in [2.75, 3.05) is 31.7 Å². The summed E-state index contributed by atoms with van der Waals surface area (Å²) in [6.45, 7) is 0.449. The van der Waals surface area contributed by atoms with E-state index in [1.165, 1.54) is 16.6 Å². The Hall–Kier alpha value is -2.66. The van der Waals surface area contributed by atoms with Gasteiger partial charge in [-0.15, -0.1) is 0 Å². The molecule has 0 amide bonds. The normalized spacial score (nSPS) is 27.0. The topological polar surface area (TPSA) is 97.8 Å². The van der Waals surface area contributed by atoms with E-state index >= 15 is 4.39 Å². The van der Waals surface area contributed by atoms with Crippen LogP contribution in [0.15, 0.2) is 17.1 Å². The highest BCUT2D eigenvalue weighted by Crippen LogP contribution is 2.55. The first kappa shape index (κ1) is 22.1. The summed E-state index contributed by atoms with van der Waals surface area (Å²) in [5, 5.41) is 8.80. The number of anilines is 1. The van der Waals surface area contributed by atoms with E-state index in [1.807, 2.05) is 0 Å². The van der Waals surface area contributed by atoms with Crippen LogP contribution in [0.5, 0.6) is 0 Å². The molecule has 0 unspecified atom stereocenters. The number of carboxylic acids is 1. The van der Waals surface area contributed by atoms with Crippen molar-refractivity contribution in [3.05, 3.63) is 39.4 Å². The van der Waals surface area contributed by atoms with E-state index in [0.717, 1.165) is 12.3 Å². The van der Waals surface area contributed by atoms with Crippen molar-refractivity contribution in [1.29, 1.82) is 0 Å². The van der Waals surface area contributed by atoms with Crippen molar-refractivity contribution < 1.29 is 32.2 Å². The Morgan fingerprint density at radius 3 is 2.52 bits per heavy atom. The number of ether oxygens (including phenoxy) is 1. The average Bonchev–Trinajstić information content (AvgIpc) is 3.50. The fourth-order valence-corrected chi connectivity index (χ4v) is 5.97. The molecule has 7 nitrogen and oxygen atoms in total. The van der Waals surface area contributed by atoms with Crippen molar-refractivity contribution in [1.82, 2.24) is 4.57 Å². The van der Waals surface area contributed by atoms with Gasteiger partial charge in [-0.05, 0) is 31.7 Å². The van der Waals surface area contributed by atoms with Gasteiger partial charge in [-0.1, -0.05) is 0 Å². The van der Waals surface area contributed by atoms with E-state index in [1.54, 1.807) is 0 Å². The molecular weight excluding hydrogens is 446 g/mol. The molecule has 3 heterocycles. The molecule has 178 valence electrons. The second-order valence-corrected chi connectivity index (χ2v) is 9.80. The Morgan fingerprint density at radius 2 is 1.97 bits per heavy atom. The molecule has 2 bridgehead atoms. The number of fused-ring (bicyclic) bond motifs is 3. The van der Waals surface area contributed by atoms with E-state index in [2.05, 4.69) is 0 Å². The maximum absolute atomic E-state index is 15.4. The zero-order valence-corrected chi connectivity index (χ0v) is 17.8. The number of carbonyl (C=O) groups is 1. The van der Waals surface area contributed by atoms with Gasteiger partial charge in [-0.2, -0.15) is 13.2 Å². The molecule has 1 aromatic heterocycles. The van der Waals surface area contributed by atoms with Crippen molar-refractivity contribution in [2.45, 2.75) is 43.4 Å². The average molecular weight is 469 g/mol. The van der Waals surface area contributed by atoms with Gasteiger partial charge in [0.1, 0.15) is 16.9 Å². The van der Waals surface area contributed by atoms with Gasteiger partial charge in [0.05, 0.1) is 23.2 Å². The van der Waals surface area contributed by atoms with Gasteiger partial charge in [0.15, 0.2) is 0 Å². The Labute approximate surface area is 185 Å². The summed E-state index contributed by atoms with van der Waals surface area (Å²) in [4.78, 5) is 25.6. The Kier molecular flexibility index (Phi) is 4.65. The number of aromatic carboxylic acids is 1. The van der Waals surface area contributed by atoms with Crippen LogP contribution in [0.3, 0.4) is 0 Å². The van der Waals surface area contributed by atoms with Crippen LogP contribution in [0.2, 0.25) is 0 Å². The second-order valence-electron chi connectivity index (χ2n) is 9.80. The molecule has 11 heteroatoms. The van der Waals surface area contributed by atoms with Crippen molar-refractivity contribution in [3.8, 4) is 0 Å². The number of aromatic nitrogens is 1. The molecule has 3 N–H and O–H groups in total. The van der Waals surface area contributed by atoms with Crippen molar-refractivity contribution in [2.24, 2.45) is 11.1 Å². The lowest BCUT2D eigenvalue weighted by Crippen LogP contribution is -2.72. The first-order chi connectivity index (χ1) is 15.4. The number of rotatable bonds is 5. The Balaban J connectivity index is 1.80. The number of hydrogen-bond donors (Lipinski definition) is 2. The lowest BCUT2D eigenvalue weighted by molar-refractivity contribution is -0.136. The fourth-order valence-electron chi connectivity index (χ4n) is 5.97. The van der Waals surface area contributed by atoms with E-state index in [9.17, 15) is 27.9 Å². The SMILES string of the molecule is COCC12CN(c3c(F)cc4c(=O)c(C(=O)O)cn(C5CC5)c4c3C(F)(F)F)CC(N)(C1)C2. The van der Waals surface area contributed by atoms with Crippen LogP contribution < -0.4 is 16.1 Å². The third kappa shape index (κ3) is 3.40. The smallest absolute Gasteiger partial charge is 0.420 e. The minimum absolute atomic E-state index is 0.0326. The molecule has 6 rings (SSSR count). The van der Waals surface area contributed by atoms with Crippen LogP contribution in [-0.4, -0.2) is 48.0 Å². The molecule has 2 aliphatic carbocycles. The number of pyridine rings is 1. The summed E-state index contributed by atoms with van der Waals surface area (Å²) in [6.07, 6.45) is -1.85. The monoisotopic (exact) mass is 469 g/mol. The highest BCUT2D eigenvalue weighted by Gasteiger charge is 2.59. The fraction of sp³-hybridized carbons (Fsp3) is 0.545. The third-order valence-corrected chi connectivity index (χ3v) is 6.95. The number of nitrogens with zero attached hydrogens (tertiary/aromatic N) is 2. The lowest BCUT2D eigenvalue weighted by Gasteiger charge is -2.62. The highest BCUT2D eigenvalue weighted by atomic mass is 19.4. The standard InChI is InChI=1S/C22H23F4N3O4/c1-33-10-20-6-21(27,7-20)9-28(8-20)17-14(23)4-12-16(15(17)22(24,25)26)29(11-2-3-11)5-13(18(12)30)19(31)32/h4-5,11H,2-3,6-10,27H2,1H3,(H,31,32). The van der Waals surface area contributed by atoms with Gasteiger partial charge in [0.25, 0.3) is 0 Å². The summed E-state index contributed by atoms with van der Waals surface area (Å²) < 4.78 is 65.5. The maximum atomic E-state index is 15.4. The number of carboxylic acid groups (broad SMARTS) is 1. The van der Waals surface area contributed by atoms with Gasteiger partial charge >= 0.3 is 12.1 Å². The van der Waals surface area contributed by atoms with E-state index in [4.69, 9.17) is 10.5 Å². The third-order valence-electron chi connectivity index (χ3n) is 6.95. The molecule has 2 saturated heterocycles. The predicted octanol–water partition coefficient (Wildman–Crippen LogP) is 3.14. The van der Waals surface area contributed by atoms with Gasteiger partial charge in [0, 0.05) is 43.4 Å². The van der Waals surface area contributed by atoms with Gasteiger partial charge in [-0.25, -0.2) is 9.18 Å². The molecule has 0 atom stereocenters. The summed E-state index contributed by atoms with van der Waals surface area (Å²) in [5.41, 5.74) is 0.887. The minimum Gasteiger partial charge on any atom is -0.477 e. The summed E-state index contributed by atoms with van der Waals surface area (Å²) in [5.74, 6) is -2.80. The van der Waals surface area contributed by atoms with E-state index < -0.39 is 62.1 Å². The van der Waals surface area contributed by atoms with Crippen LogP contribution in [0.4, 0.5) is 23.2 Å². The number of nitrogens with two attached hydrogens (primary N) is 1. The van der Waals surface area contributed by atoms with Crippen molar-refractivity contribution in [3.63, 3.8) is 0 Å². The lowest BCUT2D eigenvalue weighted by atomic mass is 9.54. The molecule has 2 aliphatic heterocycles. The molecule has 33 heavy (non-hydrogen) atoms. The van der Waals surface area contributed by atoms with Crippen LogP contribution in [0.1, 0.15) is 47.6 Å². The summed E-state index contributed by atoms with van der Waals surface area (Å²) in [7, 11) is 1.50. The quantitative estimate of drug-likeness (QED) is 0.653. The molecule has 0 radical (unpaired) electrons. The molecular formula is C22H23F4N3O4. The first-order valence-corrected chi connectivity index (χ1v) is 10.6. The summed E-state index contributed by atoms with van der Waals surface area (Å²) >= 11 is 0. The summed E-state index contributed by atoms with van der Waals surface area (Å²) in [6, 6.07) is 0.348. The van der Waals surface area contributed by atoms with E-state index in [0.29, 0.717) is 25.7 Å². The molecule has 2 saturated carbocycles. The second kappa shape index (κ2) is 6.92. The molecule has 0 spiro atoms. The zero-order valence-electron chi connectivity index (χ0n) is 17.8. The van der Waals surface area contributed by atoms with Crippen LogP contribution >= 0.6 is 0 Å². The Morgan fingerprint density at radius 1 is 1.30 bits per heavy atom. The molecule has 1 aromatic carbocycles. The largest absolute Gasteiger partial charge is 0.477 e. The number of alkyl halides is 3. The minimum atomic E-state index is -5.00. The van der Waals surface area contributed by atoms with Crippen molar-refractivity contribution >= 4 is 22.6 Å². The molecule has 4 aliphatic rings. The zero-order chi connectivity index (χ0) is 23.9. The number of halogens is 4. The van der Waals surface area contributed by atoms with Gasteiger partial charge < -0.3 is 25.0 Å². The Bertz CT molecular complexity index is 1230. The van der Waals surface area contributed by atoms with Crippen LogP contribution in [-0.2, 0) is 10.9 Å². The molecule has 4 fully saturated rings. The highest BCUT2D eigenvalue weighted by molar-refractivity contribution is 5.95. The van der Waals surface area contributed by atoms with Gasteiger partial charge in [0.2, 0.25) is 5.43 Å². The predicted molar refractivity (Wildman–Crippen MR) is 111 cm³/mol. The number of benzene rings is 1. The maximum Gasteiger partial charge on any atom is 0.420 e. The molecule has 2 aromatic rings. The van der Waals surface area contributed by atoms with Gasteiger partial charge in [-0.3, -0.25) is 4.79 Å². The van der Waals surface area contributed by atoms with E-state index in [-0.39, 0.29) is 25.7 Å². The van der Waals surface area contributed by atoms with Crippen LogP contribution in [0, 0.1) is 11.2 Å². The number of piperidine rings is 2.